The Morgan fingerprint density at radius 3 is 1.80 bits per heavy atom. The quantitative estimate of drug-likeness (QED) is 0.0586. The van der Waals surface area contributed by atoms with Gasteiger partial charge in [-0.1, -0.05) is 6.07 Å². The van der Waals surface area contributed by atoms with Crippen LogP contribution in [0.3, 0.4) is 0 Å². The van der Waals surface area contributed by atoms with Gasteiger partial charge in [-0.2, -0.15) is 0 Å². The first-order valence-electron chi connectivity index (χ1n) is 16.0. The Labute approximate surface area is 304 Å². The van der Waals surface area contributed by atoms with Crippen LogP contribution in [0.1, 0.15) is 15.9 Å². The lowest BCUT2D eigenvalue weighted by Crippen LogP contribution is -2.35. The third kappa shape index (κ3) is 8.76. The van der Waals surface area contributed by atoms with E-state index in [9.17, 15) is 59.4 Å². The van der Waals surface area contributed by atoms with Crippen LogP contribution in [-0.4, -0.2) is 99.9 Å². The first-order chi connectivity index (χ1) is 25.6. The highest BCUT2D eigenvalue weighted by atomic mass is 16.5. The summed E-state index contributed by atoms with van der Waals surface area (Å²) >= 11 is 0. The van der Waals surface area contributed by atoms with Crippen molar-refractivity contribution in [3.63, 3.8) is 0 Å². The second-order valence-corrected chi connectivity index (χ2v) is 11.9. The summed E-state index contributed by atoms with van der Waals surface area (Å²) in [7, 11) is 0. The number of ether oxygens (including phenoxy) is 2. The highest BCUT2D eigenvalue weighted by Gasteiger charge is 2.27. The van der Waals surface area contributed by atoms with Gasteiger partial charge in [0.2, 0.25) is 0 Å². The van der Waals surface area contributed by atoms with E-state index in [0.717, 1.165) is 15.9 Å². The highest BCUT2D eigenvalue weighted by molar-refractivity contribution is 6.08. The van der Waals surface area contributed by atoms with Crippen LogP contribution < -0.4 is 24.7 Å². The van der Waals surface area contributed by atoms with Crippen LogP contribution in [0, 0.1) is 6.92 Å². The highest BCUT2D eigenvalue weighted by Crippen LogP contribution is 2.45. The lowest BCUT2D eigenvalue weighted by atomic mass is 9.90. The number of rotatable bonds is 17. The molecule has 0 radical (unpaired) electrons. The SMILES string of the molecule is Cc1ccc(N(CC(=O)O)CC(=O)O)c(OCCOc2cc(-c3c4ccc(=O)cc-4oc4cc(O)ccc34)c(C(=O)O)cc2N(CC(=O)O)CC(=O)O)c1. The second-order valence-electron chi connectivity index (χ2n) is 11.9. The van der Waals surface area contributed by atoms with E-state index in [1.807, 2.05) is 0 Å². The largest absolute Gasteiger partial charge is 0.508 e. The van der Waals surface area contributed by atoms with E-state index in [1.165, 1.54) is 48.5 Å². The van der Waals surface area contributed by atoms with Crippen LogP contribution in [0.5, 0.6) is 17.2 Å². The number of hydrogen-bond acceptors (Lipinski definition) is 12. The van der Waals surface area contributed by atoms with Gasteiger partial charge in [0.05, 0.1) is 16.9 Å². The molecule has 0 saturated heterocycles. The third-order valence-electron chi connectivity index (χ3n) is 7.98. The van der Waals surface area contributed by atoms with Gasteiger partial charge in [0.15, 0.2) is 5.43 Å². The van der Waals surface area contributed by atoms with Crippen LogP contribution >= 0.6 is 0 Å². The molecule has 17 nitrogen and oxygen atoms in total. The van der Waals surface area contributed by atoms with Crippen LogP contribution in [0.4, 0.5) is 11.4 Å². The van der Waals surface area contributed by atoms with E-state index in [0.29, 0.717) is 16.5 Å². The number of benzene rings is 4. The number of fused-ring (bicyclic) bond motifs is 2. The zero-order chi connectivity index (χ0) is 39.3. The van der Waals surface area contributed by atoms with Crippen LogP contribution in [0.2, 0.25) is 0 Å². The van der Waals surface area contributed by atoms with Crippen LogP contribution in [-0.2, 0) is 19.2 Å². The molecule has 5 rings (SSSR count). The van der Waals surface area contributed by atoms with Gasteiger partial charge in [-0.15, -0.1) is 0 Å². The summed E-state index contributed by atoms with van der Waals surface area (Å²) in [5.74, 6) is -7.09. The molecule has 17 heteroatoms. The van der Waals surface area contributed by atoms with Crippen molar-refractivity contribution in [2.75, 3.05) is 49.2 Å². The van der Waals surface area contributed by atoms with Crippen LogP contribution in [0.15, 0.2) is 75.9 Å². The fraction of sp³-hybridized carbons (Fsp3) is 0.189. The molecule has 54 heavy (non-hydrogen) atoms. The number of carboxylic acids is 5. The van der Waals surface area contributed by atoms with Gasteiger partial charge < -0.3 is 54.3 Å². The lowest BCUT2D eigenvalue weighted by Gasteiger charge is -2.26. The summed E-state index contributed by atoms with van der Waals surface area (Å²) in [5.41, 5.74) is 0.454. The number of nitrogens with zero attached hydrogens (tertiary/aromatic N) is 2. The fourth-order valence-corrected chi connectivity index (χ4v) is 5.87. The summed E-state index contributed by atoms with van der Waals surface area (Å²) in [6.07, 6.45) is 0. The predicted octanol–water partition coefficient (Wildman–Crippen LogP) is 3.69. The Morgan fingerprint density at radius 1 is 0.648 bits per heavy atom. The summed E-state index contributed by atoms with van der Waals surface area (Å²) in [4.78, 5) is 73.9. The molecule has 0 amide bonds. The molecular weight excluding hydrogens is 712 g/mol. The number of aromatic hydroxyl groups is 1. The number of aromatic carboxylic acids is 1. The zero-order valence-electron chi connectivity index (χ0n) is 28.3. The Morgan fingerprint density at radius 2 is 1.22 bits per heavy atom. The van der Waals surface area contributed by atoms with E-state index in [2.05, 4.69) is 0 Å². The van der Waals surface area contributed by atoms with Crippen molar-refractivity contribution in [2.24, 2.45) is 0 Å². The lowest BCUT2D eigenvalue weighted by molar-refractivity contribution is -0.138. The van der Waals surface area contributed by atoms with E-state index < -0.39 is 67.0 Å². The molecule has 2 aliphatic rings. The first kappa shape index (κ1) is 37.9. The molecule has 0 aromatic heterocycles. The van der Waals surface area contributed by atoms with Gasteiger partial charge in [0, 0.05) is 34.2 Å². The molecule has 0 bridgehead atoms. The van der Waals surface area contributed by atoms with Crippen molar-refractivity contribution in [1.82, 2.24) is 0 Å². The number of phenols is 1. The standard InChI is InChI=1S/C37H32N2O15/c1-19-2-7-26(38(15-32(42)43)16-33(44)45)30(10-19)52-8-9-53-31-14-24(25(37(50)51)13-27(31)39(17-34(46)47)18-35(48)49)36-22-5-3-20(40)11-28(22)54-29-12-21(41)4-6-23(29)36/h2-7,10-14,40H,8-9,15-18H2,1H3,(H,42,43)(H,44,45)(H,46,47)(H,48,49)(H,50,51). The second kappa shape index (κ2) is 15.9. The fourth-order valence-electron chi connectivity index (χ4n) is 5.87. The van der Waals surface area contributed by atoms with Gasteiger partial charge in [0.25, 0.3) is 0 Å². The average molecular weight is 745 g/mol. The summed E-state index contributed by atoms with van der Waals surface area (Å²) in [6, 6.07) is 15.0. The summed E-state index contributed by atoms with van der Waals surface area (Å²) in [5, 5.41) is 59.0. The van der Waals surface area contributed by atoms with E-state index in [-0.39, 0.29) is 64.3 Å². The Hall–Kier alpha value is -7.30. The van der Waals surface area contributed by atoms with Crippen molar-refractivity contribution < 1.29 is 68.5 Å². The number of hydrogen-bond donors (Lipinski definition) is 6. The number of phenolic OH excluding ortho intramolecular Hbond substituents is 1. The molecule has 1 aliphatic carbocycles. The molecule has 1 aliphatic heterocycles. The van der Waals surface area contributed by atoms with E-state index in [4.69, 9.17) is 13.9 Å². The predicted molar refractivity (Wildman–Crippen MR) is 190 cm³/mol. The van der Waals surface area contributed by atoms with Crippen molar-refractivity contribution in [3.05, 3.63) is 88.1 Å². The molecule has 0 spiro atoms. The summed E-state index contributed by atoms with van der Waals surface area (Å²) in [6.45, 7) is -1.90. The number of aliphatic carboxylic acids is 4. The van der Waals surface area contributed by atoms with Crippen molar-refractivity contribution >= 4 is 52.2 Å². The maximum Gasteiger partial charge on any atom is 0.336 e. The maximum atomic E-state index is 12.9. The minimum atomic E-state index is -1.48. The van der Waals surface area contributed by atoms with Crippen molar-refractivity contribution in [3.8, 4) is 39.7 Å². The monoisotopic (exact) mass is 744 g/mol. The topological polar surface area (TPSA) is 262 Å². The molecular formula is C37H32N2O15. The first-order valence-corrected chi connectivity index (χ1v) is 16.0. The minimum absolute atomic E-state index is 0.00172. The molecule has 3 aromatic carbocycles. The molecule has 0 fully saturated rings. The molecule has 1 heterocycles. The molecule has 0 atom stereocenters. The van der Waals surface area contributed by atoms with Gasteiger partial charge in [-0.3, -0.25) is 24.0 Å². The molecule has 280 valence electrons. The zero-order valence-corrected chi connectivity index (χ0v) is 28.3. The van der Waals surface area contributed by atoms with Gasteiger partial charge >= 0.3 is 29.8 Å². The van der Waals surface area contributed by atoms with Gasteiger partial charge in [-0.25, -0.2) is 4.79 Å². The number of carbonyl (C=O) groups is 5. The van der Waals surface area contributed by atoms with Crippen LogP contribution in [0.25, 0.3) is 33.4 Å². The van der Waals surface area contributed by atoms with E-state index >= 15 is 0 Å². The Bertz CT molecular complexity index is 2280. The van der Waals surface area contributed by atoms with Crippen molar-refractivity contribution in [1.29, 1.82) is 0 Å². The normalized spacial score (nSPS) is 10.9. The Balaban J connectivity index is 1.63. The maximum absolute atomic E-state index is 12.9. The third-order valence-corrected chi connectivity index (χ3v) is 7.98. The smallest absolute Gasteiger partial charge is 0.336 e. The molecule has 0 unspecified atom stereocenters. The number of aryl methyl sites for hydroxylation is 1. The number of anilines is 2. The average Bonchev–Trinajstić information content (AvgIpc) is 3.07. The van der Waals surface area contributed by atoms with Gasteiger partial charge in [0.1, 0.15) is 68.0 Å². The molecule has 6 N–H and O–H groups in total. The molecule has 0 saturated carbocycles. The molecule has 3 aromatic rings. The number of carboxylic acid groups (broad SMARTS) is 5. The minimum Gasteiger partial charge on any atom is -0.508 e. The summed E-state index contributed by atoms with van der Waals surface area (Å²) < 4.78 is 17.9. The van der Waals surface area contributed by atoms with Gasteiger partial charge in [-0.05, 0) is 61.0 Å². The Kier molecular flexibility index (Phi) is 11.2. The van der Waals surface area contributed by atoms with E-state index in [1.54, 1.807) is 19.1 Å². The van der Waals surface area contributed by atoms with Crippen molar-refractivity contribution in [2.45, 2.75) is 6.92 Å².